The first-order chi connectivity index (χ1) is 25.0. The Morgan fingerprint density at radius 2 is 1.52 bits per heavy atom. The van der Waals surface area contributed by atoms with Gasteiger partial charge in [-0.15, -0.1) is 0 Å². The molecule has 2 fully saturated rings. The van der Waals surface area contributed by atoms with Gasteiger partial charge in [-0.1, -0.05) is 62.4 Å². The maximum atomic E-state index is 13.6. The van der Waals surface area contributed by atoms with E-state index in [0.717, 1.165) is 53.0 Å². The summed E-state index contributed by atoms with van der Waals surface area (Å²) in [5.41, 5.74) is 6.06. The second-order valence-electron chi connectivity index (χ2n) is 13.8. The Bertz CT molecular complexity index is 1960. The molecule has 0 spiro atoms. The van der Waals surface area contributed by atoms with Gasteiger partial charge in [-0.25, -0.2) is 18.2 Å². The number of likely N-dealkylation sites (tertiary alicyclic amines) is 1. The Labute approximate surface area is 304 Å². The summed E-state index contributed by atoms with van der Waals surface area (Å²) in [6.45, 7) is 6.14. The molecule has 0 saturated carbocycles. The van der Waals surface area contributed by atoms with Gasteiger partial charge in [-0.3, -0.25) is 14.5 Å². The molecule has 274 valence electrons. The number of imidazole rings is 1. The first-order valence-electron chi connectivity index (χ1n) is 17.7. The standard InChI is InChI=1S/C39H46N6O6S/c1-26(2)35(43-39(48)51-3)38(47)45-19-5-4-6-34(45)36-40-24-33(42-36)30-13-9-28(10-14-30)29-11-15-31(16-12-29)37(46)41-32-17-7-27(8-18-32)25-44-20-22-52(49,50)23-21-44/h7-18,24,26,34-35H,4-6,19-23,25H2,1-3H3,(H,40,42)(H,41,46)(H,43,48)/t34-,35-/m0/s1. The minimum atomic E-state index is -2.91. The SMILES string of the molecule is COC(=O)N[C@H](C(=O)N1CCCC[C@H]1c1ncc(-c2ccc(-c3ccc(C(=O)Nc4ccc(CN5CCS(=O)(=O)CC5)cc4)cc3)cc2)[nH]1)C(C)C. The molecule has 2 saturated heterocycles. The van der Waals surface area contributed by atoms with E-state index in [1.54, 1.807) is 18.3 Å². The molecule has 3 aromatic carbocycles. The fraction of sp³-hybridized carbons (Fsp3) is 0.385. The van der Waals surface area contributed by atoms with Crippen LogP contribution < -0.4 is 10.6 Å². The number of methoxy groups -OCH3 is 1. The Kier molecular flexibility index (Phi) is 11.4. The zero-order valence-electron chi connectivity index (χ0n) is 29.8. The van der Waals surface area contributed by atoms with Gasteiger partial charge in [0.25, 0.3) is 5.91 Å². The lowest BCUT2D eigenvalue weighted by molar-refractivity contribution is -0.138. The van der Waals surface area contributed by atoms with Crippen molar-refractivity contribution in [2.75, 3.05) is 43.6 Å². The van der Waals surface area contributed by atoms with Crippen LogP contribution in [0.1, 0.15) is 60.9 Å². The predicted molar refractivity (Wildman–Crippen MR) is 200 cm³/mol. The van der Waals surface area contributed by atoms with Crippen LogP contribution in [-0.2, 0) is 25.9 Å². The lowest BCUT2D eigenvalue weighted by Crippen LogP contribution is -2.53. The number of nitrogens with zero attached hydrogens (tertiary/aromatic N) is 3. The molecule has 13 heteroatoms. The number of alkyl carbamates (subject to hydrolysis) is 1. The Balaban J connectivity index is 1.06. The number of amides is 3. The molecule has 3 heterocycles. The highest BCUT2D eigenvalue weighted by Crippen LogP contribution is 2.32. The maximum Gasteiger partial charge on any atom is 0.407 e. The van der Waals surface area contributed by atoms with Crippen molar-refractivity contribution >= 4 is 33.4 Å². The van der Waals surface area contributed by atoms with Crippen molar-refractivity contribution in [1.82, 2.24) is 25.1 Å². The van der Waals surface area contributed by atoms with Gasteiger partial charge in [0.15, 0.2) is 9.84 Å². The third-order valence-corrected chi connectivity index (χ3v) is 11.4. The quantitative estimate of drug-likeness (QED) is 0.189. The molecule has 0 radical (unpaired) electrons. The summed E-state index contributed by atoms with van der Waals surface area (Å²) in [5, 5.41) is 5.66. The van der Waals surface area contributed by atoms with Gasteiger partial charge in [0.1, 0.15) is 11.9 Å². The second-order valence-corrected chi connectivity index (χ2v) is 16.1. The lowest BCUT2D eigenvalue weighted by Gasteiger charge is -2.37. The average Bonchev–Trinajstić information content (AvgIpc) is 3.65. The van der Waals surface area contributed by atoms with Crippen LogP contribution in [-0.4, -0.2) is 90.4 Å². The van der Waals surface area contributed by atoms with Gasteiger partial charge in [-0.2, -0.15) is 0 Å². The van der Waals surface area contributed by atoms with Crippen molar-refractivity contribution in [3.05, 3.63) is 95.9 Å². The van der Waals surface area contributed by atoms with Gasteiger partial charge in [0, 0.05) is 37.4 Å². The van der Waals surface area contributed by atoms with Gasteiger partial charge in [0.2, 0.25) is 5.91 Å². The highest BCUT2D eigenvalue weighted by Gasteiger charge is 2.36. The zero-order valence-corrected chi connectivity index (χ0v) is 30.6. The number of sulfone groups is 1. The van der Waals surface area contributed by atoms with Gasteiger partial charge in [-0.05, 0) is 71.7 Å². The number of carbonyl (C=O) groups is 3. The molecule has 3 amide bonds. The normalized spacial score (nSPS) is 18.1. The van der Waals surface area contributed by atoms with Crippen LogP contribution >= 0.6 is 0 Å². The number of carbonyl (C=O) groups excluding carboxylic acids is 3. The fourth-order valence-corrected chi connectivity index (χ4v) is 8.01. The third-order valence-electron chi connectivity index (χ3n) is 9.82. The smallest absolute Gasteiger partial charge is 0.407 e. The zero-order chi connectivity index (χ0) is 36.8. The summed E-state index contributed by atoms with van der Waals surface area (Å²) in [6, 6.07) is 22.3. The number of aromatic amines is 1. The maximum absolute atomic E-state index is 13.6. The van der Waals surface area contributed by atoms with E-state index in [1.807, 2.05) is 79.4 Å². The minimum absolute atomic E-state index is 0.111. The van der Waals surface area contributed by atoms with Crippen molar-refractivity contribution in [2.24, 2.45) is 5.92 Å². The number of anilines is 1. The Morgan fingerprint density at radius 3 is 2.15 bits per heavy atom. The molecule has 4 aromatic rings. The van der Waals surface area contributed by atoms with Crippen molar-refractivity contribution in [3.63, 3.8) is 0 Å². The summed E-state index contributed by atoms with van der Waals surface area (Å²) in [7, 11) is -1.62. The van der Waals surface area contributed by atoms with E-state index >= 15 is 0 Å². The summed E-state index contributed by atoms with van der Waals surface area (Å²) < 4.78 is 28.1. The van der Waals surface area contributed by atoms with Crippen LogP contribution in [0.4, 0.5) is 10.5 Å². The number of hydrogen-bond donors (Lipinski definition) is 3. The number of rotatable bonds is 10. The van der Waals surface area contributed by atoms with Crippen LogP contribution in [0.25, 0.3) is 22.4 Å². The van der Waals surface area contributed by atoms with Crippen LogP contribution in [0.2, 0.25) is 0 Å². The topological polar surface area (TPSA) is 154 Å². The molecule has 52 heavy (non-hydrogen) atoms. The summed E-state index contributed by atoms with van der Waals surface area (Å²) in [6.07, 6.45) is 3.80. The number of aromatic nitrogens is 2. The van der Waals surface area contributed by atoms with Crippen LogP contribution in [0.5, 0.6) is 0 Å². The molecule has 2 aliphatic heterocycles. The van der Waals surface area contributed by atoms with Crippen molar-refractivity contribution in [3.8, 4) is 22.4 Å². The van der Waals surface area contributed by atoms with Crippen molar-refractivity contribution < 1.29 is 27.5 Å². The number of ether oxygens (including phenoxy) is 1. The van der Waals surface area contributed by atoms with Gasteiger partial charge < -0.3 is 25.3 Å². The molecule has 0 unspecified atom stereocenters. The van der Waals surface area contributed by atoms with E-state index in [-0.39, 0.29) is 35.3 Å². The first-order valence-corrected chi connectivity index (χ1v) is 19.6. The monoisotopic (exact) mass is 726 g/mol. The average molecular weight is 727 g/mol. The first kappa shape index (κ1) is 36.8. The molecule has 0 bridgehead atoms. The summed E-state index contributed by atoms with van der Waals surface area (Å²) >= 11 is 0. The van der Waals surface area contributed by atoms with Crippen LogP contribution in [0.15, 0.2) is 79.0 Å². The largest absolute Gasteiger partial charge is 0.453 e. The number of hydrogen-bond acceptors (Lipinski definition) is 8. The molecule has 3 N–H and O–H groups in total. The number of H-pyrrole nitrogens is 1. The molecular weight excluding hydrogens is 681 g/mol. The molecule has 2 aliphatic rings. The number of nitrogens with one attached hydrogen (secondary N) is 3. The fourth-order valence-electron chi connectivity index (χ4n) is 6.73. The number of piperidine rings is 1. The minimum Gasteiger partial charge on any atom is -0.453 e. The molecule has 0 aliphatic carbocycles. The Hall–Kier alpha value is -5.01. The Morgan fingerprint density at radius 1 is 0.885 bits per heavy atom. The molecule has 2 atom stereocenters. The predicted octanol–water partition coefficient (Wildman–Crippen LogP) is 5.66. The van der Waals surface area contributed by atoms with Crippen molar-refractivity contribution in [1.29, 1.82) is 0 Å². The lowest BCUT2D eigenvalue weighted by atomic mass is 9.97. The van der Waals surface area contributed by atoms with E-state index in [9.17, 15) is 22.8 Å². The highest BCUT2D eigenvalue weighted by atomic mass is 32.2. The van der Waals surface area contributed by atoms with E-state index < -0.39 is 22.0 Å². The van der Waals surface area contributed by atoms with Crippen LogP contribution in [0.3, 0.4) is 0 Å². The second kappa shape index (κ2) is 16.1. The van der Waals surface area contributed by atoms with E-state index in [0.29, 0.717) is 37.4 Å². The van der Waals surface area contributed by atoms with Crippen LogP contribution in [0, 0.1) is 5.92 Å². The van der Waals surface area contributed by atoms with Crippen molar-refractivity contribution in [2.45, 2.75) is 51.7 Å². The third kappa shape index (κ3) is 8.88. The van der Waals surface area contributed by atoms with Gasteiger partial charge in [0.05, 0.1) is 36.5 Å². The van der Waals surface area contributed by atoms with Gasteiger partial charge >= 0.3 is 6.09 Å². The molecular formula is C39H46N6O6S. The molecule has 1 aromatic heterocycles. The van der Waals surface area contributed by atoms with E-state index in [2.05, 4.69) is 25.5 Å². The van der Waals surface area contributed by atoms with E-state index in [4.69, 9.17) is 4.74 Å². The summed E-state index contributed by atoms with van der Waals surface area (Å²) in [5.74, 6) is 0.654. The molecule has 12 nitrogen and oxygen atoms in total. The summed E-state index contributed by atoms with van der Waals surface area (Å²) in [4.78, 5) is 50.6. The van der Waals surface area contributed by atoms with E-state index in [1.165, 1.54) is 7.11 Å². The molecule has 6 rings (SSSR count). The number of benzene rings is 3. The highest BCUT2D eigenvalue weighted by molar-refractivity contribution is 7.91.